The summed E-state index contributed by atoms with van der Waals surface area (Å²) in [5.41, 5.74) is 0.708. The first-order valence-corrected chi connectivity index (χ1v) is 11.0. The molecule has 0 saturated carbocycles. The van der Waals surface area contributed by atoms with Gasteiger partial charge in [-0.15, -0.1) is 5.10 Å². The number of halogens is 1. The molecule has 2 saturated heterocycles. The van der Waals surface area contributed by atoms with Crippen molar-refractivity contribution in [3.8, 4) is 0 Å². The number of anilines is 1. The van der Waals surface area contributed by atoms with Crippen molar-refractivity contribution in [3.05, 3.63) is 35.9 Å². The lowest BCUT2D eigenvalue weighted by Crippen LogP contribution is -3.15. The van der Waals surface area contributed by atoms with Gasteiger partial charge in [-0.3, -0.25) is 0 Å². The van der Waals surface area contributed by atoms with Gasteiger partial charge in [-0.25, -0.2) is 9.07 Å². The first-order valence-electron chi connectivity index (χ1n) is 11.0. The number of nitrogens with one attached hydrogen (secondary N) is 1. The fourth-order valence-corrected chi connectivity index (χ4v) is 4.59. The van der Waals surface area contributed by atoms with Gasteiger partial charge < -0.3 is 14.5 Å². The van der Waals surface area contributed by atoms with Crippen LogP contribution in [0.3, 0.4) is 0 Å². The molecule has 0 aliphatic carbocycles. The van der Waals surface area contributed by atoms with E-state index in [-0.39, 0.29) is 18.0 Å². The van der Waals surface area contributed by atoms with Crippen molar-refractivity contribution < 1.29 is 14.0 Å². The molecule has 4 rings (SSSR count). The van der Waals surface area contributed by atoms with E-state index in [9.17, 15) is 4.39 Å². The fourth-order valence-electron chi connectivity index (χ4n) is 4.59. The highest BCUT2D eigenvalue weighted by atomic mass is 19.1. The Morgan fingerprint density at radius 3 is 2.83 bits per heavy atom. The number of tetrazole rings is 1. The van der Waals surface area contributed by atoms with E-state index in [1.807, 2.05) is 16.8 Å². The molecule has 158 valence electrons. The number of hydrogen-bond donors (Lipinski definition) is 1. The quantitative estimate of drug-likeness (QED) is 0.726. The molecule has 8 heteroatoms. The molecule has 2 aromatic rings. The molecular formula is C21H32FN6O+. The van der Waals surface area contributed by atoms with Crippen LogP contribution in [0.25, 0.3) is 0 Å². The number of ether oxygens (including phenoxy) is 1. The van der Waals surface area contributed by atoms with E-state index in [1.165, 1.54) is 11.0 Å². The summed E-state index contributed by atoms with van der Waals surface area (Å²) in [6.07, 6.45) is 5.78. The Hall–Kier alpha value is -2.06. The Labute approximate surface area is 171 Å². The minimum absolute atomic E-state index is 0.140. The number of unbranched alkanes of at least 4 members (excludes halogenated alkanes) is 1. The summed E-state index contributed by atoms with van der Waals surface area (Å²) < 4.78 is 21.9. The van der Waals surface area contributed by atoms with Gasteiger partial charge in [0, 0.05) is 13.0 Å². The Bertz CT molecular complexity index is 770. The molecule has 1 N–H and O–H groups in total. The average Bonchev–Trinajstić information content (AvgIpc) is 3.42. The molecule has 29 heavy (non-hydrogen) atoms. The van der Waals surface area contributed by atoms with Crippen molar-refractivity contribution in [2.45, 2.75) is 57.7 Å². The van der Waals surface area contributed by atoms with E-state index in [1.54, 1.807) is 6.07 Å². The maximum atomic E-state index is 14.2. The van der Waals surface area contributed by atoms with Gasteiger partial charge in [-0.2, -0.15) is 0 Å². The van der Waals surface area contributed by atoms with Gasteiger partial charge in [0.1, 0.15) is 11.9 Å². The largest absolute Gasteiger partial charge is 0.376 e. The summed E-state index contributed by atoms with van der Waals surface area (Å²) in [5, 5.41) is 12.7. The number of piperazine rings is 1. The summed E-state index contributed by atoms with van der Waals surface area (Å²) in [4.78, 5) is 3.65. The van der Waals surface area contributed by atoms with Gasteiger partial charge in [0.25, 0.3) is 0 Å². The predicted molar refractivity (Wildman–Crippen MR) is 108 cm³/mol. The van der Waals surface area contributed by atoms with Crippen LogP contribution < -0.4 is 9.80 Å². The molecule has 1 aromatic heterocycles. The molecule has 0 amide bonds. The summed E-state index contributed by atoms with van der Waals surface area (Å²) in [5.74, 6) is 0.835. The van der Waals surface area contributed by atoms with Crippen molar-refractivity contribution in [1.29, 1.82) is 0 Å². The SMILES string of the molecule is CCCC[C@@H](c1nnnn1C[C@@H]1CCCO1)[NH+]1CCN(c2ccccc2F)CC1. The Kier molecular flexibility index (Phi) is 6.71. The number of rotatable bonds is 8. The number of nitrogens with zero attached hydrogens (tertiary/aromatic N) is 5. The lowest BCUT2D eigenvalue weighted by Gasteiger charge is -2.37. The second-order valence-corrected chi connectivity index (χ2v) is 8.15. The van der Waals surface area contributed by atoms with Crippen molar-refractivity contribution in [2.75, 3.05) is 37.7 Å². The number of benzene rings is 1. The molecule has 0 bridgehead atoms. The van der Waals surface area contributed by atoms with Crippen molar-refractivity contribution >= 4 is 5.69 Å². The Morgan fingerprint density at radius 2 is 2.10 bits per heavy atom. The van der Waals surface area contributed by atoms with Crippen molar-refractivity contribution in [1.82, 2.24) is 20.2 Å². The number of para-hydroxylation sites is 1. The molecule has 0 radical (unpaired) electrons. The van der Waals surface area contributed by atoms with Crippen LogP contribution in [0.1, 0.15) is 50.9 Å². The maximum absolute atomic E-state index is 14.2. The highest BCUT2D eigenvalue weighted by molar-refractivity contribution is 5.47. The summed E-state index contributed by atoms with van der Waals surface area (Å²) in [6, 6.07) is 7.33. The zero-order valence-corrected chi connectivity index (χ0v) is 17.3. The summed E-state index contributed by atoms with van der Waals surface area (Å²) in [7, 11) is 0. The Morgan fingerprint density at radius 1 is 1.28 bits per heavy atom. The molecular weight excluding hydrogens is 371 g/mol. The van der Waals surface area contributed by atoms with Crippen LogP contribution >= 0.6 is 0 Å². The highest BCUT2D eigenvalue weighted by Crippen LogP contribution is 2.21. The van der Waals surface area contributed by atoms with E-state index in [4.69, 9.17) is 4.74 Å². The zero-order valence-electron chi connectivity index (χ0n) is 17.3. The normalized spacial score (nSPS) is 21.6. The minimum Gasteiger partial charge on any atom is -0.376 e. The van der Waals surface area contributed by atoms with Gasteiger partial charge in [0.05, 0.1) is 44.5 Å². The van der Waals surface area contributed by atoms with Crippen LogP contribution in [-0.2, 0) is 11.3 Å². The van der Waals surface area contributed by atoms with Gasteiger partial charge in [-0.1, -0.05) is 25.5 Å². The highest BCUT2D eigenvalue weighted by Gasteiger charge is 2.33. The fraction of sp³-hybridized carbons (Fsp3) is 0.667. The van der Waals surface area contributed by atoms with Gasteiger partial charge >= 0.3 is 0 Å². The van der Waals surface area contributed by atoms with E-state index >= 15 is 0 Å². The molecule has 1 aromatic carbocycles. The summed E-state index contributed by atoms with van der Waals surface area (Å²) in [6.45, 7) is 7.38. The molecule has 0 spiro atoms. The molecule has 2 atom stereocenters. The zero-order chi connectivity index (χ0) is 20.1. The summed E-state index contributed by atoms with van der Waals surface area (Å²) >= 11 is 0. The van der Waals surface area contributed by atoms with Crippen molar-refractivity contribution in [3.63, 3.8) is 0 Å². The van der Waals surface area contributed by atoms with Crippen LogP contribution in [0, 0.1) is 5.82 Å². The van der Waals surface area contributed by atoms with Gasteiger partial charge in [-0.05, 0) is 41.8 Å². The minimum atomic E-state index is -0.140. The standard InChI is InChI=1S/C21H31FN6O/c1-2-3-9-20(21-23-24-25-28(21)16-17-7-6-15-29-17)27-13-11-26(12-14-27)19-10-5-4-8-18(19)22/h4-5,8,10,17,20H,2-3,6-7,9,11-16H2,1H3/p+1/t17-,20-/m0/s1. The second-order valence-electron chi connectivity index (χ2n) is 8.15. The third-order valence-electron chi connectivity index (χ3n) is 6.21. The molecule has 2 aliphatic heterocycles. The second kappa shape index (κ2) is 9.63. The van der Waals surface area contributed by atoms with Crippen LogP contribution in [0.4, 0.5) is 10.1 Å². The van der Waals surface area contributed by atoms with E-state index < -0.39 is 0 Å². The van der Waals surface area contributed by atoms with Crippen LogP contribution in [0.2, 0.25) is 0 Å². The maximum Gasteiger partial charge on any atom is 0.209 e. The Balaban J connectivity index is 1.45. The molecule has 7 nitrogen and oxygen atoms in total. The first-order chi connectivity index (χ1) is 14.3. The van der Waals surface area contributed by atoms with E-state index in [0.717, 1.165) is 77.3 Å². The predicted octanol–water partition coefficient (Wildman–Crippen LogP) is 1.63. The van der Waals surface area contributed by atoms with Crippen LogP contribution in [0.5, 0.6) is 0 Å². The number of hydrogen-bond acceptors (Lipinski definition) is 5. The van der Waals surface area contributed by atoms with Crippen molar-refractivity contribution in [2.24, 2.45) is 0 Å². The van der Waals surface area contributed by atoms with Crippen LogP contribution in [0.15, 0.2) is 24.3 Å². The smallest absolute Gasteiger partial charge is 0.209 e. The molecule has 3 heterocycles. The topological polar surface area (TPSA) is 60.5 Å². The average molecular weight is 404 g/mol. The molecule has 2 aliphatic rings. The third kappa shape index (κ3) is 4.75. The monoisotopic (exact) mass is 403 g/mol. The number of aromatic nitrogens is 4. The lowest BCUT2D eigenvalue weighted by molar-refractivity contribution is -0.933. The molecule has 2 fully saturated rings. The molecule has 0 unspecified atom stereocenters. The van der Waals surface area contributed by atoms with E-state index in [2.05, 4.69) is 27.3 Å². The third-order valence-corrected chi connectivity index (χ3v) is 6.21. The first kappa shape index (κ1) is 20.2. The van der Waals surface area contributed by atoms with Crippen LogP contribution in [-0.4, -0.2) is 59.1 Å². The van der Waals surface area contributed by atoms with Gasteiger partial charge in [0.15, 0.2) is 0 Å². The van der Waals surface area contributed by atoms with Gasteiger partial charge in [0.2, 0.25) is 5.82 Å². The number of quaternary nitrogens is 1. The lowest BCUT2D eigenvalue weighted by atomic mass is 10.1. The van der Waals surface area contributed by atoms with E-state index in [0.29, 0.717) is 5.69 Å².